The third kappa shape index (κ3) is 2.08. The van der Waals surface area contributed by atoms with Gasteiger partial charge in [0, 0.05) is 17.0 Å². The minimum atomic E-state index is 0.559. The zero-order valence-corrected chi connectivity index (χ0v) is 13.2. The fourth-order valence-corrected chi connectivity index (χ4v) is 4.18. The van der Waals surface area contributed by atoms with Crippen molar-refractivity contribution >= 4 is 28.6 Å². The van der Waals surface area contributed by atoms with Crippen molar-refractivity contribution in [1.82, 2.24) is 14.5 Å². The van der Waals surface area contributed by atoms with Crippen molar-refractivity contribution < 1.29 is 0 Å². The highest BCUT2D eigenvalue weighted by Crippen LogP contribution is 2.38. The van der Waals surface area contributed by atoms with E-state index in [1.54, 1.807) is 6.33 Å². The number of nitrogen functional groups attached to an aromatic ring is 1. The first-order chi connectivity index (χ1) is 9.63. The second-order valence-corrected chi connectivity index (χ2v) is 6.84. The highest BCUT2D eigenvalue weighted by atomic mass is 32.2. The van der Waals surface area contributed by atoms with Crippen molar-refractivity contribution in [1.29, 1.82) is 0 Å². The van der Waals surface area contributed by atoms with Gasteiger partial charge in [-0.1, -0.05) is 0 Å². The van der Waals surface area contributed by atoms with E-state index in [0.717, 1.165) is 16.3 Å². The highest BCUT2D eigenvalue weighted by molar-refractivity contribution is 7.99. The molecule has 0 unspecified atom stereocenters. The Balaban J connectivity index is 2.04. The summed E-state index contributed by atoms with van der Waals surface area (Å²) < 4.78 is 2.40. The first-order valence-electron chi connectivity index (χ1n) is 7.23. The molecule has 2 heterocycles. The molecule has 1 saturated carbocycles. The molecule has 2 aromatic rings. The molecule has 1 fully saturated rings. The van der Waals surface area contributed by atoms with E-state index in [0.29, 0.717) is 11.9 Å². The van der Waals surface area contributed by atoms with Crippen LogP contribution in [0.3, 0.4) is 0 Å². The van der Waals surface area contributed by atoms with Crippen molar-refractivity contribution in [2.75, 3.05) is 12.0 Å². The molecule has 1 aliphatic carbocycles. The van der Waals surface area contributed by atoms with Crippen LogP contribution in [0.4, 0.5) is 5.82 Å². The monoisotopic (exact) mass is 290 g/mol. The van der Waals surface area contributed by atoms with E-state index in [9.17, 15) is 0 Å². The summed E-state index contributed by atoms with van der Waals surface area (Å²) in [6, 6.07) is 0.559. The third-order valence-electron chi connectivity index (χ3n) is 4.71. The van der Waals surface area contributed by atoms with E-state index in [-0.39, 0.29) is 0 Å². The number of rotatable bonds is 2. The molecule has 0 atom stereocenters. The smallest absolute Gasteiger partial charge is 0.146 e. The average molecular weight is 290 g/mol. The number of anilines is 1. The second kappa shape index (κ2) is 5.28. The van der Waals surface area contributed by atoms with Crippen LogP contribution in [0, 0.1) is 13.8 Å². The zero-order chi connectivity index (χ0) is 14.3. The summed E-state index contributed by atoms with van der Waals surface area (Å²) in [6.07, 6.45) is 8.87. The van der Waals surface area contributed by atoms with Gasteiger partial charge in [-0.2, -0.15) is 11.8 Å². The lowest BCUT2D eigenvalue weighted by atomic mass is 9.94. The molecule has 0 spiro atoms. The molecule has 3 rings (SSSR count). The van der Waals surface area contributed by atoms with Crippen molar-refractivity contribution in [2.45, 2.75) is 50.8 Å². The molecule has 108 valence electrons. The molecular formula is C15H22N4S. The van der Waals surface area contributed by atoms with Gasteiger partial charge < -0.3 is 10.3 Å². The van der Waals surface area contributed by atoms with E-state index >= 15 is 0 Å². The molecule has 0 amide bonds. The van der Waals surface area contributed by atoms with Crippen LogP contribution in [-0.4, -0.2) is 26.0 Å². The molecule has 0 radical (unpaired) electrons. The van der Waals surface area contributed by atoms with E-state index in [1.807, 2.05) is 11.8 Å². The van der Waals surface area contributed by atoms with E-state index < -0.39 is 0 Å². The first kappa shape index (κ1) is 13.7. The predicted molar refractivity (Wildman–Crippen MR) is 86.2 cm³/mol. The standard InChI is InChI=1S/C15H22N4S/c1-9-10(2)19(11-4-6-12(20-3)7-5-11)15-13(9)14(16)17-8-18-15/h8,11-12H,4-7H2,1-3H3,(H2,16,17,18). The largest absolute Gasteiger partial charge is 0.383 e. The van der Waals surface area contributed by atoms with Gasteiger partial charge in [-0.25, -0.2) is 9.97 Å². The summed E-state index contributed by atoms with van der Waals surface area (Å²) in [6.45, 7) is 4.30. The molecule has 2 aromatic heterocycles. The van der Waals surface area contributed by atoms with Crippen LogP contribution >= 0.6 is 11.8 Å². The Morgan fingerprint density at radius 2 is 1.90 bits per heavy atom. The minimum absolute atomic E-state index is 0.559. The van der Waals surface area contributed by atoms with Crippen LogP contribution in [-0.2, 0) is 0 Å². The number of fused-ring (bicyclic) bond motifs is 1. The van der Waals surface area contributed by atoms with Crippen molar-refractivity contribution in [2.24, 2.45) is 0 Å². The SMILES string of the molecule is CSC1CCC(n2c(C)c(C)c3c(N)ncnc32)CC1. The van der Waals surface area contributed by atoms with Gasteiger partial charge in [-0.3, -0.25) is 0 Å². The number of hydrogen-bond acceptors (Lipinski definition) is 4. The summed E-state index contributed by atoms with van der Waals surface area (Å²) in [7, 11) is 0. The molecular weight excluding hydrogens is 268 g/mol. The van der Waals surface area contributed by atoms with Gasteiger partial charge in [-0.15, -0.1) is 0 Å². The predicted octanol–water partition coefficient (Wildman–Crippen LogP) is 3.48. The molecule has 0 aromatic carbocycles. The Labute approximate surface area is 124 Å². The quantitative estimate of drug-likeness (QED) is 0.920. The second-order valence-electron chi connectivity index (χ2n) is 5.70. The maximum absolute atomic E-state index is 6.04. The van der Waals surface area contributed by atoms with Crippen molar-refractivity contribution in [3.63, 3.8) is 0 Å². The van der Waals surface area contributed by atoms with Crippen molar-refractivity contribution in [3.05, 3.63) is 17.6 Å². The summed E-state index contributed by atoms with van der Waals surface area (Å²) >= 11 is 2.00. The minimum Gasteiger partial charge on any atom is -0.383 e. The fraction of sp³-hybridized carbons (Fsp3) is 0.600. The van der Waals surface area contributed by atoms with Gasteiger partial charge in [0.2, 0.25) is 0 Å². The summed E-state index contributed by atoms with van der Waals surface area (Å²) in [5.74, 6) is 0.604. The van der Waals surface area contributed by atoms with Crippen LogP contribution < -0.4 is 5.73 Å². The molecule has 5 heteroatoms. The number of nitrogens with zero attached hydrogens (tertiary/aromatic N) is 3. The Morgan fingerprint density at radius 1 is 1.20 bits per heavy atom. The molecule has 0 bridgehead atoms. The lowest BCUT2D eigenvalue weighted by molar-refractivity contribution is 0.362. The molecule has 1 aliphatic rings. The van der Waals surface area contributed by atoms with Crippen LogP contribution in [0.2, 0.25) is 0 Å². The molecule has 2 N–H and O–H groups in total. The van der Waals surface area contributed by atoms with Crippen LogP contribution in [0.1, 0.15) is 43.0 Å². The van der Waals surface area contributed by atoms with E-state index in [4.69, 9.17) is 5.73 Å². The average Bonchev–Trinajstić information content (AvgIpc) is 2.72. The van der Waals surface area contributed by atoms with Gasteiger partial charge in [0.05, 0.1) is 5.39 Å². The van der Waals surface area contributed by atoms with Gasteiger partial charge >= 0.3 is 0 Å². The lowest BCUT2D eigenvalue weighted by Crippen LogP contribution is -2.20. The Kier molecular flexibility index (Phi) is 3.63. The van der Waals surface area contributed by atoms with Gasteiger partial charge in [-0.05, 0) is 51.3 Å². The lowest BCUT2D eigenvalue weighted by Gasteiger charge is -2.29. The Morgan fingerprint density at radius 3 is 2.55 bits per heavy atom. The summed E-state index contributed by atoms with van der Waals surface area (Å²) in [4.78, 5) is 8.65. The molecule has 0 aliphatic heterocycles. The van der Waals surface area contributed by atoms with E-state index in [2.05, 4.69) is 34.6 Å². The van der Waals surface area contributed by atoms with Crippen LogP contribution in [0.15, 0.2) is 6.33 Å². The Hall–Kier alpha value is -1.23. The molecule has 20 heavy (non-hydrogen) atoms. The molecule has 4 nitrogen and oxygen atoms in total. The highest BCUT2D eigenvalue weighted by Gasteiger charge is 2.26. The van der Waals surface area contributed by atoms with Crippen LogP contribution in [0.25, 0.3) is 11.0 Å². The van der Waals surface area contributed by atoms with Gasteiger partial charge in [0.25, 0.3) is 0 Å². The number of aryl methyl sites for hydroxylation is 1. The first-order valence-corrected chi connectivity index (χ1v) is 8.52. The molecule has 0 saturated heterocycles. The van der Waals surface area contributed by atoms with Gasteiger partial charge in [0.15, 0.2) is 0 Å². The number of nitrogens with two attached hydrogens (primary N) is 1. The van der Waals surface area contributed by atoms with E-state index in [1.165, 1.54) is 36.9 Å². The Bertz CT molecular complexity index is 626. The van der Waals surface area contributed by atoms with Crippen molar-refractivity contribution in [3.8, 4) is 0 Å². The summed E-state index contributed by atoms with van der Waals surface area (Å²) in [5.41, 5.74) is 9.58. The maximum atomic E-state index is 6.04. The van der Waals surface area contributed by atoms with Crippen LogP contribution in [0.5, 0.6) is 0 Å². The fourth-order valence-electron chi connectivity index (χ4n) is 3.44. The van der Waals surface area contributed by atoms with Gasteiger partial charge in [0.1, 0.15) is 17.8 Å². The number of aromatic nitrogens is 3. The normalized spacial score (nSPS) is 23.4. The zero-order valence-electron chi connectivity index (χ0n) is 12.4. The number of hydrogen-bond donors (Lipinski definition) is 1. The maximum Gasteiger partial charge on any atom is 0.146 e. The number of thioether (sulfide) groups is 1. The third-order valence-corrected chi connectivity index (χ3v) is 5.84. The summed E-state index contributed by atoms with van der Waals surface area (Å²) in [5, 5.41) is 1.87. The topological polar surface area (TPSA) is 56.7 Å².